The number of hydrogen-bond donors (Lipinski definition) is 1. The van der Waals surface area contributed by atoms with Gasteiger partial charge in [-0.1, -0.05) is 0 Å². The summed E-state index contributed by atoms with van der Waals surface area (Å²) in [6, 6.07) is 0. The highest BCUT2D eigenvalue weighted by molar-refractivity contribution is 5.86. The Morgan fingerprint density at radius 2 is 1.36 bits per heavy atom. The molecule has 0 radical (unpaired) electrons. The number of aliphatic carboxylic acids is 1. The van der Waals surface area contributed by atoms with Gasteiger partial charge in [-0.15, -0.1) is 0 Å². The molecule has 8 rings (SSSR count). The second-order valence-electron chi connectivity index (χ2n) is 13.2. The van der Waals surface area contributed by atoms with Gasteiger partial charge in [0, 0.05) is 0 Å². The zero-order chi connectivity index (χ0) is 23.0. The second kappa shape index (κ2) is 7.75. The predicted octanol–water partition coefficient (Wildman–Crippen LogP) is 5.72. The lowest BCUT2D eigenvalue weighted by molar-refractivity contribution is -0.209. The van der Waals surface area contributed by atoms with Crippen molar-refractivity contribution in [1.29, 1.82) is 0 Å². The first-order valence-corrected chi connectivity index (χ1v) is 13.5. The SMILES string of the molecule is CC(OC=C(CC12CC3CC(CC(C3)C1)C2)C(=O)O)C(=O)OC1(C)C2CC3CC(C2)CC1C3. The Balaban J connectivity index is 1.10. The summed E-state index contributed by atoms with van der Waals surface area (Å²) in [5.74, 6) is 3.64. The minimum atomic E-state index is -0.917. The van der Waals surface area contributed by atoms with Crippen molar-refractivity contribution in [2.45, 2.75) is 103 Å². The molecule has 1 unspecified atom stereocenters. The number of esters is 1. The molecule has 0 aromatic carbocycles. The molecule has 8 bridgehead atoms. The smallest absolute Gasteiger partial charge is 0.347 e. The number of carbonyl (C=O) groups excluding carboxylic acids is 1. The molecule has 0 spiro atoms. The first kappa shape index (κ1) is 22.0. The van der Waals surface area contributed by atoms with Gasteiger partial charge in [0.1, 0.15) is 5.60 Å². The maximum absolute atomic E-state index is 13.0. The Kier molecular flexibility index (Phi) is 5.16. The van der Waals surface area contributed by atoms with Crippen LogP contribution in [0.2, 0.25) is 0 Å². The Morgan fingerprint density at radius 3 is 1.85 bits per heavy atom. The lowest BCUT2D eigenvalue weighted by atomic mass is 9.48. The summed E-state index contributed by atoms with van der Waals surface area (Å²) in [6.07, 6.45) is 14.7. The summed E-state index contributed by atoms with van der Waals surface area (Å²) in [5, 5.41) is 9.90. The molecule has 8 saturated carbocycles. The minimum Gasteiger partial charge on any atom is -0.486 e. The van der Waals surface area contributed by atoms with E-state index in [2.05, 4.69) is 6.92 Å². The molecule has 0 aromatic rings. The third-order valence-electron chi connectivity index (χ3n) is 10.8. The van der Waals surface area contributed by atoms with E-state index in [0.29, 0.717) is 23.8 Å². The van der Waals surface area contributed by atoms with Crippen LogP contribution < -0.4 is 0 Å². The molecule has 33 heavy (non-hydrogen) atoms. The van der Waals surface area contributed by atoms with Crippen LogP contribution in [0, 0.1) is 46.8 Å². The Morgan fingerprint density at radius 1 is 0.879 bits per heavy atom. The Bertz CT molecular complexity index is 793. The zero-order valence-electron chi connectivity index (χ0n) is 20.3. The predicted molar refractivity (Wildman–Crippen MR) is 123 cm³/mol. The summed E-state index contributed by atoms with van der Waals surface area (Å²) < 4.78 is 11.9. The molecule has 0 heterocycles. The van der Waals surface area contributed by atoms with E-state index in [9.17, 15) is 14.7 Å². The van der Waals surface area contributed by atoms with Gasteiger partial charge in [0.15, 0.2) is 6.10 Å². The lowest BCUT2D eigenvalue weighted by Gasteiger charge is -2.59. The molecular formula is C28H40O5. The van der Waals surface area contributed by atoms with E-state index in [1.165, 1.54) is 57.6 Å². The van der Waals surface area contributed by atoms with E-state index < -0.39 is 12.1 Å². The topological polar surface area (TPSA) is 72.8 Å². The van der Waals surface area contributed by atoms with E-state index in [1.807, 2.05) is 0 Å². The molecule has 8 aliphatic carbocycles. The average molecular weight is 457 g/mol. The van der Waals surface area contributed by atoms with Crippen LogP contribution in [0.15, 0.2) is 11.8 Å². The van der Waals surface area contributed by atoms with Gasteiger partial charge < -0.3 is 14.6 Å². The lowest BCUT2D eigenvalue weighted by Crippen LogP contribution is -2.58. The molecule has 1 atom stereocenters. The monoisotopic (exact) mass is 456 g/mol. The summed E-state index contributed by atoms with van der Waals surface area (Å²) >= 11 is 0. The number of hydrogen-bond acceptors (Lipinski definition) is 4. The normalized spacial score (nSPS) is 48.1. The van der Waals surface area contributed by atoms with Crippen LogP contribution in [0.3, 0.4) is 0 Å². The van der Waals surface area contributed by atoms with Crippen molar-refractivity contribution >= 4 is 11.9 Å². The fraction of sp³-hybridized carbons (Fsp3) is 0.857. The molecule has 8 fully saturated rings. The standard InChI is InChI=1S/C28H40O5/c1-16(26(31)33-27(2)23-7-17-3-18(9-23)10-24(27)8-17)32-15-22(25(29)30)14-28-11-19-4-20(12-28)6-21(5-19)13-28/h15-21,23-24H,3-14H2,1-2H3,(H,29,30). The largest absolute Gasteiger partial charge is 0.486 e. The Labute approximate surface area is 197 Å². The van der Waals surface area contributed by atoms with Gasteiger partial charge in [-0.2, -0.15) is 0 Å². The first-order valence-electron chi connectivity index (χ1n) is 13.5. The molecule has 5 nitrogen and oxygen atoms in total. The second-order valence-corrected chi connectivity index (χ2v) is 13.2. The molecule has 1 N–H and O–H groups in total. The summed E-state index contributed by atoms with van der Waals surface area (Å²) in [4.78, 5) is 25.1. The molecule has 0 amide bonds. The van der Waals surface area contributed by atoms with Crippen LogP contribution in [0.5, 0.6) is 0 Å². The van der Waals surface area contributed by atoms with E-state index in [0.717, 1.165) is 48.9 Å². The number of rotatable bonds is 7. The highest BCUT2D eigenvalue weighted by Gasteiger charge is 2.57. The third-order valence-corrected chi connectivity index (χ3v) is 10.8. The molecule has 182 valence electrons. The molecule has 0 saturated heterocycles. The Hall–Kier alpha value is -1.52. The van der Waals surface area contributed by atoms with Gasteiger partial charge in [-0.3, -0.25) is 0 Å². The van der Waals surface area contributed by atoms with E-state index in [1.54, 1.807) is 6.92 Å². The fourth-order valence-corrected chi connectivity index (χ4v) is 9.90. The van der Waals surface area contributed by atoms with Crippen LogP contribution in [-0.2, 0) is 19.1 Å². The van der Waals surface area contributed by atoms with Crippen LogP contribution in [0.25, 0.3) is 0 Å². The summed E-state index contributed by atoms with van der Waals surface area (Å²) in [5.41, 5.74) is 0.0538. The maximum Gasteiger partial charge on any atom is 0.347 e. The summed E-state index contributed by atoms with van der Waals surface area (Å²) in [7, 11) is 0. The van der Waals surface area contributed by atoms with E-state index >= 15 is 0 Å². The van der Waals surface area contributed by atoms with Gasteiger partial charge in [-0.05, 0) is 138 Å². The van der Waals surface area contributed by atoms with Gasteiger partial charge in [0.25, 0.3) is 0 Å². The van der Waals surface area contributed by atoms with Crippen molar-refractivity contribution < 1.29 is 24.2 Å². The average Bonchev–Trinajstić information content (AvgIpc) is 2.73. The maximum atomic E-state index is 13.0. The molecule has 0 aliphatic heterocycles. The van der Waals surface area contributed by atoms with Crippen molar-refractivity contribution in [1.82, 2.24) is 0 Å². The highest BCUT2D eigenvalue weighted by atomic mass is 16.6. The third kappa shape index (κ3) is 3.82. The molecule has 5 heteroatoms. The van der Waals surface area contributed by atoms with E-state index in [4.69, 9.17) is 9.47 Å². The molecular weight excluding hydrogens is 416 g/mol. The van der Waals surface area contributed by atoms with Crippen molar-refractivity contribution in [2.75, 3.05) is 0 Å². The zero-order valence-corrected chi connectivity index (χ0v) is 20.3. The van der Waals surface area contributed by atoms with Crippen molar-refractivity contribution in [3.05, 3.63) is 11.8 Å². The van der Waals surface area contributed by atoms with E-state index in [-0.39, 0.29) is 17.0 Å². The van der Waals surface area contributed by atoms with Crippen molar-refractivity contribution in [3.8, 4) is 0 Å². The van der Waals surface area contributed by atoms with Crippen LogP contribution in [-0.4, -0.2) is 28.8 Å². The number of ether oxygens (including phenoxy) is 2. The fourth-order valence-electron chi connectivity index (χ4n) is 9.90. The van der Waals surface area contributed by atoms with Crippen molar-refractivity contribution in [2.24, 2.45) is 46.8 Å². The molecule has 8 aliphatic rings. The number of carboxylic acids is 1. The van der Waals surface area contributed by atoms with Crippen molar-refractivity contribution in [3.63, 3.8) is 0 Å². The van der Waals surface area contributed by atoms with Gasteiger partial charge in [0.05, 0.1) is 11.8 Å². The molecule has 0 aromatic heterocycles. The van der Waals surface area contributed by atoms with Gasteiger partial charge in [-0.25, -0.2) is 9.59 Å². The first-order chi connectivity index (χ1) is 15.7. The quantitative estimate of drug-likeness (QED) is 0.301. The van der Waals surface area contributed by atoms with Gasteiger partial charge in [0.2, 0.25) is 0 Å². The van der Waals surface area contributed by atoms with Crippen LogP contribution in [0.1, 0.15) is 90.9 Å². The highest BCUT2D eigenvalue weighted by Crippen LogP contribution is 2.62. The van der Waals surface area contributed by atoms with Gasteiger partial charge >= 0.3 is 11.9 Å². The number of carboxylic acid groups (broad SMARTS) is 1. The summed E-state index contributed by atoms with van der Waals surface area (Å²) in [6.45, 7) is 3.83. The number of carbonyl (C=O) groups is 2. The van der Waals surface area contributed by atoms with Crippen LogP contribution >= 0.6 is 0 Å². The minimum absolute atomic E-state index is 0.125. The van der Waals surface area contributed by atoms with Crippen LogP contribution in [0.4, 0.5) is 0 Å².